The lowest BCUT2D eigenvalue weighted by atomic mass is 10.1. The van der Waals surface area contributed by atoms with Gasteiger partial charge in [-0.25, -0.2) is 9.38 Å². The zero-order valence-corrected chi connectivity index (χ0v) is 17.2. The summed E-state index contributed by atoms with van der Waals surface area (Å²) in [6, 6.07) is 8.59. The van der Waals surface area contributed by atoms with E-state index in [2.05, 4.69) is 20.9 Å². The van der Waals surface area contributed by atoms with Crippen LogP contribution >= 0.6 is 24.0 Å². The smallest absolute Gasteiger partial charge is 0.239 e. The normalized spacial score (nSPS) is 10.8. The first-order valence-corrected chi connectivity index (χ1v) is 8.14. The van der Waals surface area contributed by atoms with Gasteiger partial charge in [-0.05, 0) is 43.2 Å². The van der Waals surface area contributed by atoms with Gasteiger partial charge in [0.05, 0.1) is 25.9 Å². The standard InChI is InChI=1S/C18H23FN4O2.HI/c1-3-20-18(22-10-14-7-6-13(2)16(19)9-14)23-12-17(24)21-11-15-5-4-8-25-15;/h4-9H,3,10-12H2,1-2H3,(H,21,24)(H2,20,22,23);1H. The van der Waals surface area contributed by atoms with Gasteiger partial charge < -0.3 is 20.4 Å². The van der Waals surface area contributed by atoms with E-state index in [1.807, 2.05) is 13.0 Å². The van der Waals surface area contributed by atoms with Crippen molar-refractivity contribution in [1.82, 2.24) is 16.0 Å². The van der Waals surface area contributed by atoms with Crippen molar-refractivity contribution in [3.63, 3.8) is 0 Å². The number of hydrogen-bond donors (Lipinski definition) is 3. The minimum atomic E-state index is -0.247. The summed E-state index contributed by atoms with van der Waals surface area (Å²) in [6.07, 6.45) is 1.56. The minimum absolute atomic E-state index is 0. The summed E-state index contributed by atoms with van der Waals surface area (Å²) in [7, 11) is 0. The number of carbonyl (C=O) groups is 1. The molecule has 0 radical (unpaired) electrons. The molecule has 6 nitrogen and oxygen atoms in total. The zero-order valence-electron chi connectivity index (χ0n) is 14.8. The van der Waals surface area contributed by atoms with Crippen LogP contribution in [-0.2, 0) is 17.9 Å². The number of guanidine groups is 1. The Morgan fingerprint density at radius 2 is 2.04 bits per heavy atom. The number of halogens is 2. The molecule has 0 bridgehead atoms. The van der Waals surface area contributed by atoms with Gasteiger partial charge in [0, 0.05) is 6.54 Å². The van der Waals surface area contributed by atoms with Gasteiger partial charge in [0.2, 0.25) is 5.91 Å². The molecule has 0 atom stereocenters. The van der Waals surface area contributed by atoms with Gasteiger partial charge in [0.25, 0.3) is 0 Å². The molecule has 1 aromatic heterocycles. The first-order valence-electron chi connectivity index (χ1n) is 8.14. The van der Waals surface area contributed by atoms with E-state index < -0.39 is 0 Å². The van der Waals surface area contributed by atoms with Gasteiger partial charge in [-0.15, -0.1) is 24.0 Å². The third-order valence-corrected chi connectivity index (χ3v) is 3.46. The van der Waals surface area contributed by atoms with Crippen LogP contribution in [0.4, 0.5) is 4.39 Å². The van der Waals surface area contributed by atoms with Crippen LogP contribution in [0.2, 0.25) is 0 Å². The molecule has 142 valence electrons. The van der Waals surface area contributed by atoms with Gasteiger partial charge in [0.1, 0.15) is 11.6 Å². The van der Waals surface area contributed by atoms with Gasteiger partial charge in [0.15, 0.2) is 5.96 Å². The fourth-order valence-electron chi connectivity index (χ4n) is 2.07. The summed E-state index contributed by atoms with van der Waals surface area (Å²) < 4.78 is 18.7. The number of carbonyl (C=O) groups excluding carboxylic acids is 1. The monoisotopic (exact) mass is 474 g/mol. The number of furan rings is 1. The molecule has 8 heteroatoms. The zero-order chi connectivity index (χ0) is 18.1. The van der Waals surface area contributed by atoms with Gasteiger partial charge in [-0.1, -0.05) is 12.1 Å². The van der Waals surface area contributed by atoms with Crippen molar-refractivity contribution < 1.29 is 13.6 Å². The van der Waals surface area contributed by atoms with E-state index in [4.69, 9.17) is 4.42 Å². The van der Waals surface area contributed by atoms with Crippen molar-refractivity contribution in [2.45, 2.75) is 26.9 Å². The summed E-state index contributed by atoms with van der Waals surface area (Å²) >= 11 is 0. The van der Waals surface area contributed by atoms with Crippen LogP contribution in [0.3, 0.4) is 0 Å². The maximum Gasteiger partial charge on any atom is 0.239 e. The molecule has 1 heterocycles. The van der Waals surface area contributed by atoms with E-state index in [0.717, 1.165) is 5.56 Å². The van der Waals surface area contributed by atoms with E-state index in [1.165, 1.54) is 6.07 Å². The number of hydrogen-bond acceptors (Lipinski definition) is 3. The predicted molar refractivity (Wildman–Crippen MR) is 110 cm³/mol. The highest BCUT2D eigenvalue weighted by Gasteiger charge is 2.05. The molecule has 0 unspecified atom stereocenters. The number of aliphatic imine (C=N–C) groups is 1. The van der Waals surface area contributed by atoms with Crippen molar-refractivity contribution in [2.24, 2.45) is 4.99 Å². The lowest BCUT2D eigenvalue weighted by Gasteiger charge is -2.11. The Balaban J connectivity index is 0.00000338. The van der Waals surface area contributed by atoms with Crippen molar-refractivity contribution in [1.29, 1.82) is 0 Å². The van der Waals surface area contributed by atoms with Crippen molar-refractivity contribution in [3.05, 3.63) is 59.3 Å². The molecule has 2 rings (SSSR count). The highest BCUT2D eigenvalue weighted by molar-refractivity contribution is 14.0. The Hall–Kier alpha value is -2.10. The van der Waals surface area contributed by atoms with Crippen molar-refractivity contribution in [2.75, 3.05) is 13.1 Å². The lowest BCUT2D eigenvalue weighted by molar-refractivity contribution is -0.120. The molecule has 0 aliphatic carbocycles. The Morgan fingerprint density at radius 1 is 1.23 bits per heavy atom. The fourth-order valence-corrected chi connectivity index (χ4v) is 2.07. The molecule has 3 N–H and O–H groups in total. The Bertz CT molecular complexity index is 720. The van der Waals surface area contributed by atoms with Crippen LogP contribution < -0.4 is 16.0 Å². The largest absolute Gasteiger partial charge is 0.467 e. The molecule has 26 heavy (non-hydrogen) atoms. The predicted octanol–water partition coefficient (Wildman–Crippen LogP) is 2.72. The van der Waals surface area contributed by atoms with E-state index in [-0.39, 0.29) is 42.2 Å². The SMILES string of the molecule is CCNC(=NCc1ccc(C)c(F)c1)NCC(=O)NCc1ccco1.I. The topological polar surface area (TPSA) is 78.7 Å². The third-order valence-electron chi connectivity index (χ3n) is 3.46. The second-order valence-corrected chi connectivity index (χ2v) is 5.49. The number of amides is 1. The van der Waals surface area contributed by atoms with E-state index in [1.54, 1.807) is 31.4 Å². The van der Waals surface area contributed by atoms with Crippen LogP contribution in [0.5, 0.6) is 0 Å². The van der Waals surface area contributed by atoms with Crippen LogP contribution in [0.15, 0.2) is 46.0 Å². The summed E-state index contributed by atoms with van der Waals surface area (Å²) in [5.74, 6) is 0.762. The Labute approximate surface area is 169 Å². The first kappa shape index (κ1) is 21.9. The highest BCUT2D eigenvalue weighted by atomic mass is 127. The number of nitrogens with zero attached hydrogens (tertiary/aromatic N) is 1. The van der Waals surface area contributed by atoms with Gasteiger partial charge in [-0.2, -0.15) is 0 Å². The second-order valence-electron chi connectivity index (χ2n) is 5.49. The number of aryl methyl sites for hydroxylation is 1. The molecule has 0 saturated carbocycles. The highest BCUT2D eigenvalue weighted by Crippen LogP contribution is 2.09. The molecule has 0 aliphatic heterocycles. The average Bonchev–Trinajstić information content (AvgIpc) is 3.12. The first-order chi connectivity index (χ1) is 12.1. The summed E-state index contributed by atoms with van der Waals surface area (Å²) in [5.41, 5.74) is 1.37. The minimum Gasteiger partial charge on any atom is -0.467 e. The maximum atomic E-state index is 13.6. The van der Waals surface area contributed by atoms with Crippen LogP contribution in [0, 0.1) is 12.7 Å². The summed E-state index contributed by atoms with van der Waals surface area (Å²) in [6.45, 7) is 5.04. The maximum absolute atomic E-state index is 13.6. The van der Waals surface area contributed by atoms with Crippen molar-refractivity contribution in [3.8, 4) is 0 Å². The summed E-state index contributed by atoms with van der Waals surface area (Å²) in [5, 5.41) is 8.74. The molecule has 0 spiro atoms. The molecule has 0 fully saturated rings. The fraction of sp³-hybridized carbons (Fsp3) is 0.333. The quantitative estimate of drug-likeness (QED) is 0.328. The Kier molecular flexibility index (Phi) is 9.71. The average molecular weight is 474 g/mol. The number of rotatable bonds is 7. The molecule has 1 aromatic carbocycles. The Morgan fingerprint density at radius 3 is 2.69 bits per heavy atom. The van der Waals surface area contributed by atoms with E-state index in [9.17, 15) is 9.18 Å². The van der Waals surface area contributed by atoms with E-state index in [0.29, 0.717) is 36.9 Å². The molecule has 0 saturated heterocycles. The van der Waals surface area contributed by atoms with E-state index >= 15 is 0 Å². The van der Waals surface area contributed by atoms with Crippen LogP contribution in [-0.4, -0.2) is 25.0 Å². The number of benzene rings is 1. The molecule has 2 aromatic rings. The second kappa shape index (κ2) is 11.5. The third kappa shape index (κ3) is 7.42. The van der Waals surface area contributed by atoms with Crippen molar-refractivity contribution >= 4 is 35.8 Å². The van der Waals surface area contributed by atoms with Crippen LogP contribution in [0.25, 0.3) is 0 Å². The molecule has 1 amide bonds. The van der Waals surface area contributed by atoms with Gasteiger partial charge >= 0.3 is 0 Å². The summed E-state index contributed by atoms with van der Waals surface area (Å²) in [4.78, 5) is 16.2. The molecular formula is C18H24FIN4O2. The molecule has 0 aliphatic rings. The van der Waals surface area contributed by atoms with Crippen LogP contribution in [0.1, 0.15) is 23.8 Å². The number of nitrogens with one attached hydrogen (secondary N) is 3. The lowest BCUT2D eigenvalue weighted by Crippen LogP contribution is -2.43. The van der Waals surface area contributed by atoms with Gasteiger partial charge in [-0.3, -0.25) is 4.79 Å². The molecular weight excluding hydrogens is 450 g/mol.